The first kappa shape index (κ1) is 9.40. The molecule has 1 aliphatic rings. The van der Waals surface area contributed by atoms with Crippen LogP contribution in [0.2, 0.25) is 0 Å². The molecule has 0 aromatic carbocycles. The van der Waals surface area contributed by atoms with E-state index in [-0.39, 0.29) is 0 Å². The van der Waals surface area contributed by atoms with Crippen LogP contribution in [0.3, 0.4) is 0 Å². The molecule has 0 saturated heterocycles. The minimum atomic E-state index is 0.365. The van der Waals surface area contributed by atoms with Crippen LogP contribution in [0.15, 0.2) is 11.9 Å². The standard InChI is InChI=1S/C10H16N4/c1-2-3-14-10(12-7-13-14)6-8-4-9(11)5-8/h6-7,9H,2-5,11H2,1H3. The first-order valence-electron chi connectivity index (χ1n) is 5.12. The first-order chi connectivity index (χ1) is 6.79. The molecule has 2 N–H and O–H groups in total. The van der Waals surface area contributed by atoms with Gasteiger partial charge in [0.05, 0.1) is 0 Å². The van der Waals surface area contributed by atoms with Crippen LogP contribution in [0.4, 0.5) is 0 Å². The molecule has 0 aliphatic heterocycles. The summed E-state index contributed by atoms with van der Waals surface area (Å²) in [6.07, 6.45) is 6.84. The Kier molecular flexibility index (Phi) is 2.63. The van der Waals surface area contributed by atoms with Gasteiger partial charge in [0, 0.05) is 12.6 Å². The number of hydrogen-bond acceptors (Lipinski definition) is 3. The number of hydrogen-bond donors (Lipinski definition) is 1. The highest BCUT2D eigenvalue weighted by atomic mass is 15.3. The zero-order chi connectivity index (χ0) is 9.97. The molecule has 0 bridgehead atoms. The Bertz CT molecular complexity index is 332. The number of rotatable bonds is 3. The van der Waals surface area contributed by atoms with Gasteiger partial charge >= 0.3 is 0 Å². The highest BCUT2D eigenvalue weighted by Gasteiger charge is 2.19. The van der Waals surface area contributed by atoms with E-state index in [0.29, 0.717) is 6.04 Å². The number of aromatic nitrogens is 3. The normalized spacial score (nSPS) is 20.7. The van der Waals surface area contributed by atoms with E-state index in [0.717, 1.165) is 31.6 Å². The molecule has 1 aromatic rings. The maximum atomic E-state index is 5.71. The van der Waals surface area contributed by atoms with E-state index in [2.05, 4.69) is 23.1 Å². The molecule has 1 aromatic heterocycles. The molecule has 2 rings (SSSR count). The predicted molar refractivity (Wildman–Crippen MR) is 55.5 cm³/mol. The fourth-order valence-electron chi connectivity index (χ4n) is 1.68. The van der Waals surface area contributed by atoms with E-state index in [9.17, 15) is 0 Å². The second-order valence-electron chi connectivity index (χ2n) is 3.81. The van der Waals surface area contributed by atoms with Gasteiger partial charge in [-0.3, -0.25) is 0 Å². The third-order valence-electron chi connectivity index (χ3n) is 2.46. The summed E-state index contributed by atoms with van der Waals surface area (Å²) in [4.78, 5) is 4.22. The third kappa shape index (κ3) is 1.85. The van der Waals surface area contributed by atoms with Crippen LogP contribution in [0.1, 0.15) is 32.0 Å². The molecule has 0 amide bonds. The van der Waals surface area contributed by atoms with Crippen molar-refractivity contribution in [1.82, 2.24) is 14.8 Å². The molecular formula is C10H16N4. The van der Waals surface area contributed by atoms with Crippen molar-refractivity contribution in [3.05, 3.63) is 17.7 Å². The topological polar surface area (TPSA) is 56.7 Å². The van der Waals surface area contributed by atoms with Gasteiger partial charge in [0.15, 0.2) is 5.82 Å². The molecule has 4 heteroatoms. The lowest BCUT2D eigenvalue weighted by atomic mass is 9.87. The minimum Gasteiger partial charge on any atom is -0.327 e. The van der Waals surface area contributed by atoms with Crippen molar-refractivity contribution in [2.75, 3.05) is 0 Å². The van der Waals surface area contributed by atoms with Gasteiger partial charge in [-0.25, -0.2) is 9.67 Å². The van der Waals surface area contributed by atoms with Crippen molar-refractivity contribution in [1.29, 1.82) is 0 Å². The second kappa shape index (κ2) is 3.92. The SMILES string of the molecule is CCCn1ncnc1C=C1CC(N)C1. The van der Waals surface area contributed by atoms with Crippen LogP contribution in [0.5, 0.6) is 0 Å². The Morgan fingerprint density at radius 2 is 2.43 bits per heavy atom. The van der Waals surface area contributed by atoms with Crippen LogP contribution in [-0.4, -0.2) is 20.8 Å². The molecule has 1 saturated carbocycles. The number of aryl methyl sites for hydroxylation is 1. The molecular weight excluding hydrogens is 176 g/mol. The van der Waals surface area contributed by atoms with Gasteiger partial charge in [-0.15, -0.1) is 0 Å². The fourth-order valence-corrected chi connectivity index (χ4v) is 1.68. The molecule has 1 heterocycles. The van der Waals surface area contributed by atoms with Gasteiger partial charge in [-0.05, 0) is 25.3 Å². The Hall–Kier alpha value is -1.16. The summed E-state index contributed by atoms with van der Waals surface area (Å²) in [6.45, 7) is 3.07. The van der Waals surface area contributed by atoms with E-state index in [4.69, 9.17) is 5.73 Å². The van der Waals surface area contributed by atoms with Gasteiger partial charge in [-0.1, -0.05) is 12.5 Å². The van der Waals surface area contributed by atoms with Gasteiger partial charge in [-0.2, -0.15) is 5.10 Å². The average Bonchev–Trinajstić information content (AvgIpc) is 2.51. The summed E-state index contributed by atoms with van der Waals surface area (Å²) < 4.78 is 1.94. The van der Waals surface area contributed by atoms with E-state index >= 15 is 0 Å². The van der Waals surface area contributed by atoms with Gasteiger partial charge < -0.3 is 5.73 Å². The highest BCUT2D eigenvalue weighted by molar-refractivity contribution is 5.48. The molecule has 0 atom stereocenters. The summed E-state index contributed by atoms with van der Waals surface area (Å²) in [6, 6.07) is 0.365. The monoisotopic (exact) mass is 192 g/mol. The Balaban J connectivity index is 2.08. The summed E-state index contributed by atoms with van der Waals surface area (Å²) in [5.41, 5.74) is 7.10. The van der Waals surface area contributed by atoms with Crippen LogP contribution >= 0.6 is 0 Å². The highest BCUT2D eigenvalue weighted by Crippen LogP contribution is 2.26. The van der Waals surface area contributed by atoms with Crippen molar-refractivity contribution >= 4 is 6.08 Å². The maximum absolute atomic E-state index is 5.71. The average molecular weight is 192 g/mol. The summed E-state index contributed by atoms with van der Waals surface area (Å²) in [5.74, 6) is 0.966. The summed E-state index contributed by atoms with van der Waals surface area (Å²) >= 11 is 0. The Morgan fingerprint density at radius 1 is 1.64 bits per heavy atom. The first-order valence-corrected chi connectivity index (χ1v) is 5.12. The largest absolute Gasteiger partial charge is 0.327 e. The van der Waals surface area contributed by atoms with E-state index in [1.807, 2.05) is 4.68 Å². The second-order valence-corrected chi connectivity index (χ2v) is 3.81. The van der Waals surface area contributed by atoms with Gasteiger partial charge in [0.1, 0.15) is 6.33 Å². The number of nitrogens with zero attached hydrogens (tertiary/aromatic N) is 3. The minimum absolute atomic E-state index is 0.365. The molecule has 4 nitrogen and oxygen atoms in total. The van der Waals surface area contributed by atoms with Crippen LogP contribution in [0, 0.1) is 0 Å². The predicted octanol–water partition coefficient (Wildman–Crippen LogP) is 1.19. The van der Waals surface area contributed by atoms with E-state index < -0.39 is 0 Å². The maximum Gasteiger partial charge on any atom is 0.150 e. The van der Waals surface area contributed by atoms with Crippen molar-refractivity contribution in [2.45, 2.75) is 38.8 Å². The van der Waals surface area contributed by atoms with Gasteiger partial charge in [0.2, 0.25) is 0 Å². The molecule has 1 aliphatic carbocycles. The van der Waals surface area contributed by atoms with Crippen LogP contribution < -0.4 is 5.73 Å². The zero-order valence-corrected chi connectivity index (χ0v) is 8.48. The molecule has 0 radical (unpaired) electrons. The van der Waals surface area contributed by atoms with E-state index in [1.54, 1.807) is 6.33 Å². The quantitative estimate of drug-likeness (QED) is 0.782. The molecule has 14 heavy (non-hydrogen) atoms. The molecule has 76 valence electrons. The van der Waals surface area contributed by atoms with Crippen molar-refractivity contribution in [3.8, 4) is 0 Å². The lowest BCUT2D eigenvalue weighted by molar-refractivity contribution is 0.544. The number of nitrogens with two attached hydrogens (primary N) is 1. The molecule has 0 unspecified atom stereocenters. The molecule has 0 spiro atoms. The lowest BCUT2D eigenvalue weighted by Crippen LogP contribution is -2.30. The van der Waals surface area contributed by atoms with Crippen molar-refractivity contribution in [3.63, 3.8) is 0 Å². The third-order valence-corrected chi connectivity index (χ3v) is 2.46. The smallest absolute Gasteiger partial charge is 0.150 e. The Morgan fingerprint density at radius 3 is 3.07 bits per heavy atom. The van der Waals surface area contributed by atoms with Crippen LogP contribution in [-0.2, 0) is 6.54 Å². The van der Waals surface area contributed by atoms with Crippen LogP contribution in [0.25, 0.3) is 6.08 Å². The lowest BCUT2D eigenvalue weighted by Gasteiger charge is -2.24. The summed E-state index contributed by atoms with van der Waals surface area (Å²) in [7, 11) is 0. The van der Waals surface area contributed by atoms with Crippen molar-refractivity contribution in [2.24, 2.45) is 5.73 Å². The zero-order valence-electron chi connectivity index (χ0n) is 8.48. The van der Waals surface area contributed by atoms with Crippen molar-refractivity contribution < 1.29 is 0 Å². The van der Waals surface area contributed by atoms with E-state index in [1.165, 1.54) is 5.57 Å². The molecule has 1 fully saturated rings. The fraction of sp³-hybridized carbons (Fsp3) is 0.600. The Labute approximate surface area is 83.8 Å². The van der Waals surface area contributed by atoms with Gasteiger partial charge in [0.25, 0.3) is 0 Å². The summed E-state index contributed by atoms with van der Waals surface area (Å²) in [5, 5.41) is 4.17.